The number of ether oxygens (including phenoxy) is 1. The van der Waals surface area contributed by atoms with Gasteiger partial charge in [-0.25, -0.2) is 0 Å². The molecular formula is C12H22ClNO2. The molecule has 4 atom stereocenters. The van der Waals surface area contributed by atoms with E-state index in [9.17, 15) is 4.79 Å². The van der Waals surface area contributed by atoms with Gasteiger partial charge < -0.3 is 10.1 Å². The van der Waals surface area contributed by atoms with Gasteiger partial charge in [-0.3, -0.25) is 4.79 Å². The third-order valence-corrected chi connectivity index (χ3v) is 4.01. The van der Waals surface area contributed by atoms with Crippen molar-refractivity contribution in [3.05, 3.63) is 0 Å². The molecule has 4 heteroatoms. The van der Waals surface area contributed by atoms with Crippen LogP contribution in [0.4, 0.5) is 0 Å². The van der Waals surface area contributed by atoms with E-state index in [4.69, 9.17) is 16.3 Å². The van der Waals surface area contributed by atoms with Gasteiger partial charge in [0.1, 0.15) is 0 Å². The number of alkyl halides is 1. The first-order valence-electron chi connectivity index (χ1n) is 5.82. The topological polar surface area (TPSA) is 38.3 Å². The van der Waals surface area contributed by atoms with Gasteiger partial charge in [0, 0.05) is 11.4 Å². The highest BCUT2D eigenvalue weighted by Gasteiger charge is 2.42. The molecule has 0 aromatic heterocycles. The average Bonchev–Trinajstić information content (AvgIpc) is 2.40. The summed E-state index contributed by atoms with van der Waals surface area (Å²) in [4.78, 5) is 12.1. The first kappa shape index (κ1) is 13.8. The molecular weight excluding hydrogens is 226 g/mol. The van der Waals surface area contributed by atoms with Crippen LogP contribution in [0.3, 0.4) is 0 Å². The van der Waals surface area contributed by atoms with E-state index in [-0.39, 0.29) is 35.5 Å². The van der Waals surface area contributed by atoms with Crippen molar-refractivity contribution in [1.82, 2.24) is 5.32 Å². The van der Waals surface area contributed by atoms with E-state index in [1.807, 2.05) is 27.7 Å². The van der Waals surface area contributed by atoms with E-state index in [1.165, 1.54) is 0 Å². The zero-order chi connectivity index (χ0) is 12.5. The highest BCUT2D eigenvalue weighted by Crippen LogP contribution is 2.32. The predicted octanol–water partition coefficient (Wildman–Crippen LogP) is 2.18. The minimum absolute atomic E-state index is 0.0175. The second kappa shape index (κ2) is 4.92. The van der Waals surface area contributed by atoms with Crippen molar-refractivity contribution < 1.29 is 9.53 Å². The van der Waals surface area contributed by atoms with Gasteiger partial charge in [0.15, 0.2) is 0 Å². The molecule has 1 rings (SSSR count). The molecule has 16 heavy (non-hydrogen) atoms. The SMILES string of the molecule is CC1OC(C)C(C(=O)NC(C)(C)CCl)C1C. The van der Waals surface area contributed by atoms with Crippen molar-refractivity contribution in [2.75, 3.05) is 5.88 Å². The molecule has 0 radical (unpaired) electrons. The normalized spacial score (nSPS) is 35.1. The summed E-state index contributed by atoms with van der Waals surface area (Å²) in [6.07, 6.45) is 0.126. The van der Waals surface area contributed by atoms with Crippen LogP contribution >= 0.6 is 11.6 Å². The van der Waals surface area contributed by atoms with Crippen LogP contribution in [-0.2, 0) is 9.53 Å². The number of amides is 1. The molecule has 0 bridgehead atoms. The average molecular weight is 248 g/mol. The number of nitrogens with one attached hydrogen (secondary N) is 1. The fraction of sp³-hybridized carbons (Fsp3) is 0.917. The van der Waals surface area contributed by atoms with Crippen molar-refractivity contribution in [3.63, 3.8) is 0 Å². The number of carbonyl (C=O) groups is 1. The summed E-state index contributed by atoms with van der Waals surface area (Å²) >= 11 is 5.80. The van der Waals surface area contributed by atoms with Crippen molar-refractivity contribution in [2.24, 2.45) is 11.8 Å². The maximum absolute atomic E-state index is 12.1. The maximum Gasteiger partial charge on any atom is 0.226 e. The Balaban J connectivity index is 2.67. The standard InChI is InChI=1S/C12H22ClNO2/c1-7-8(2)16-9(3)10(7)11(15)14-12(4,5)6-13/h7-10H,6H2,1-5H3,(H,14,15). The van der Waals surface area contributed by atoms with Gasteiger partial charge in [0.05, 0.1) is 18.1 Å². The predicted molar refractivity (Wildman–Crippen MR) is 65.6 cm³/mol. The fourth-order valence-corrected chi connectivity index (χ4v) is 2.24. The van der Waals surface area contributed by atoms with Gasteiger partial charge in [-0.1, -0.05) is 6.92 Å². The fourth-order valence-electron chi connectivity index (χ4n) is 2.17. The second-order valence-corrected chi connectivity index (χ2v) is 5.71. The van der Waals surface area contributed by atoms with Crippen LogP contribution in [-0.4, -0.2) is 29.5 Å². The van der Waals surface area contributed by atoms with Gasteiger partial charge in [-0.15, -0.1) is 11.6 Å². The third-order valence-electron chi connectivity index (χ3n) is 3.34. The molecule has 0 spiro atoms. The molecule has 0 aliphatic carbocycles. The Hall–Kier alpha value is -0.280. The number of hydrogen-bond acceptors (Lipinski definition) is 2. The van der Waals surface area contributed by atoms with E-state index in [2.05, 4.69) is 12.2 Å². The van der Waals surface area contributed by atoms with Crippen LogP contribution in [0.15, 0.2) is 0 Å². The molecule has 1 amide bonds. The molecule has 0 aromatic rings. The molecule has 1 aliphatic heterocycles. The van der Waals surface area contributed by atoms with E-state index in [0.717, 1.165) is 0 Å². The Morgan fingerprint density at radius 3 is 2.25 bits per heavy atom. The molecule has 1 aliphatic rings. The Bertz CT molecular complexity index is 268. The Labute approximate surface area is 103 Å². The van der Waals surface area contributed by atoms with Crippen molar-refractivity contribution in [1.29, 1.82) is 0 Å². The van der Waals surface area contributed by atoms with Crippen LogP contribution in [0.2, 0.25) is 0 Å². The molecule has 0 saturated carbocycles. The van der Waals surface area contributed by atoms with Crippen molar-refractivity contribution in [2.45, 2.75) is 52.4 Å². The molecule has 1 fully saturated rings. The lowest BCUT2D eigenvalue weighted by atomic mass is 9.88. The zero-order valence-electron chi connectivity index (χ0n) is 10.7. The van der Waals surface area contributed by atoms with Gasteiger partial charge in [-0.05, 0) is 33.6 Å². The highest BCUT2D eigenvalue weighted by atomic mass is 35.5. The summed E-state index contributed by atoms with van der Waals surface area (Å²) < 4.78 is 5.66. The van der Waals surface area contributed by atoms with Crippen LogP contribution in [0.25, 0.3) is 0 Å². The Morgan fingerprint density at radius 1 is 1.31 bits per heavy atom. The molecule has 94 valence electrons. The summed E-state index contributed by atoms with van der Waals surface area (Å²) in [5, 5.41) is 2.98. The zero-order valence-corrected chi connectivity index (χ0v) is 11.5. The van der Waals surface area contributed by atoms with Crippen molar-refractivity contribution in [3.8, 4) is 0 Å². The lowest BCUT2D eigenvalue weighted by Gasteiger charge is -2.27. The summed E-state index contributed by atoms with van der Waals surface area (Å²) in [6.45, 7) is 9.88. The molecule has 1 heterocycles. The molecule has 0 aromatic carbocycles. The van der Waals surface area contributed by atoms with E-state index in [0.29, 0.717) is 5.88 Å². The minimum atomic E-state index is -0.357. The molecule has 4 unspecified atom stereocenters. The van der Waals surface area contributed by atoms with Crippen LogP contribution in [0.5, 0.6) is 0 Å². The number of hydrogen-bond donors (Lipinski definition) is 1. The summed E-state index contributed by atoms with van der Waals surface area (Å²) in [5.41, 5.74) is -0.357. The van der Waals surface area contributed by atoms with E-state index in [1.54, 1.807) is 0 Å². The molecule has 1 saturated heterocycles. The summed E-state index contributed by atoms with van der Waals surface area (Å²) in [6, 6.07) is 0. The van der Waals surface area contributed by atoms with Crippen LogP contribution in [0.1, 0.15) is 34.6 Å². The van der Waals surface area contributed by atoms with Gasteiger partial charge in [0.25, 0.3) is 0 Å². The van der Waals surface area contributed by atoms with Crippen LogP contribution in [0, 0.1) is 11.8 Å². The monoisotopic (exact) mass is 247 g/mol. The molecule has 3 nitrogen and oxygen atoms in total. The Kier molecular flexibility index (Phi) is 4.24. The summed E-state index contributed by atoms with van der Waals surface area (Å²) in [7, 11) is 0. The minimum Gasteiger partial charge on any atom is -0.374 e. The molecule has 1 N–H and O–H groups in total. The second-order valence-electron chi connectivity index (χ2n) is 5.44. The summed E-state index contributed by atoms with van der Waals surface area (Å²) in [5.74, 6) is 0.638. The largest absolute Gasteiger partial charge is 0.374 e. The Morgan fingerprint density at radius 2 is 1.88 bits per heavy atom. The van der Waals surface area contributed by atoms with Crippen molar-refractivity contribution >= 4 is 17.5 Å². The first-order chi connectivity index (χ1) is 7.28. The third kappa shape index (κ3) is 2.89. The number of halogens is 1. The highest BCUT2D eigenvalue weighted by molar-refractivity contribution is 6.18. The van der Waals surface area contributed by atoms with E-state index < -0.39 is 0 Å². The smallest absolute Gasteiger partial charge is 0.226 e. The lowest BCUT2D eigenvalue weighted by molar-refractivity contribution is -0.128. The van der Waals surface area contributed by atoms with Gasteiger partial charge in [0.2, 0.25) is 5.91 Å². The first-order valence-corrected chi connectivity index (χ1v) is 6.35. The quantitative estimate of drug-likeness (QED) is 0.777. The number of rotatable bonds is 3. The van der Waals surface area contributed by atoms with Gasteiger partial charge >= 0.3 is 0 Å². The number of carbonyl (C=O) groups excluding carboxylic acids is 1. The maximum atomic E-state index is 12.1. The van der Waals surface area contributed by atoms with E-state index >= 15 is 0 Å². The van der Waals surface area contributed by atoms with Gasteiger partial charge in [-0.2, -0.15) is 0 Å². The lowest BCUT2D eigenvalue weighted by Crippen LogP contribution is -2.49. The van der Waals surface area contributed by atoms with Crippen LogP contribution < -0.4 is 5.32 Å².